The molecule has 2 N–H and O–H groups in total. The van der Waals surface area contributed by atoms with Crippen molar-refractivity contribution in [1.29, 1.82) is 0 Å². The highest BCUT2D eigenvalue weighted by Crippen LogP contribution is 2.29. The van der Waals surface area contributed by atoms with E-state index in [0.717, 1.165) is 32.5 Å². The summed E-state index contributed by atoms with van der Waals surface area (Å²) in [4.78, 5) is 12.3. The molecule has 1 aromatic rings. The van der Waals surface area contributed by atoms with Gasteiger partial charge in [0.1, 0.15) is 0 Å². The summed E-state index contributed by atoms with van der Waals surface area (Å²) in [6.45, 7) is 5.75. The first kappa shape index (κ1) is 14.4. The molecular formula is C17H24N2O2. The Hall–Kier alpha value is -1.55. The largest absolute Gasteiger partial charge is 0.381 e. The van der Waals surface area contributed by atoms with Crippen LogP contribution in [-0.4, -0.2) is 30.8 Å². The molecule has 114 valence electrons. The fourth-order valence-electron chi connectivity index (χ4n) is 3.48. The molecule has 1 fully saturated rings. The summed E-state index contributed by atoms with van der Waals surface area (Å²) in [5, 5.41) is 6.24. The van der Waals surface area contributed by atoms with Gasteiger partial charge in [0.05, 0.1) is 6.61 Å². The van der Waals surface area contributed by atoms with Crippen LogP contribution in [0.25, 0.3) is 0 Å². The summed E-state index contributed by atoms with van der Waals surface area (Å²) >= 11 is 0. The first-order valence-corrected chi connectivity index (χ1v) is 7.79. The molecule has 0 spiro atoms. The minimum absolute atomic E-state index is 0.0651. The third-order valence-electron chi connectivity index (χ3n) is 4.73. The van der Waals surface area contributed by atoms with Crippen LogP contribution in [0.2, 0.25) is 0 Å². The molecular weight excluding hydrogens is 264 g/mol. The van der Waals surface area contributed by atoms with E-state index in [1.807, 2.05) is 0 Å². The number of hydrogen-bond donors (Lipinski definition) is 2. The molecule has 4 heteroatoms. The van der Waals surface area contributed by atoms with Crippen molar-refractivity contribution >= 4 is 6.03 Å². The van der Waals surface area contributed by atoms with Crippen LogP contribution in [0.3, 0.4) is 0 Å². The van der Waals surface area contributed by atoms with Crippen molar-refractivity contribution in [3.63, 3.8) is 0 Å². The molecule has 21 heavy (non-hydrogen) atoms. The standard InChI is InChI=1S/C17H24N2O2/c1-12(15-7-8-21-11-15)18-16(20)19-17(2)9-13-5-3-4-6-14(13)10-17/h3-6,12,15H,7-11H2,1-2H3,(H2,18,19,20)/t12-,15+/m1/s1. The van der Waals surface area contributed by atoms with E-state index < -0.39 is 0 Å². The van der Waals surface area contributed by atoms with E-state index in [-0.39, 0.29) is 17.6 Å². The zero-order valence-corrected chi connectivity index (χ0v) is 12.8. The summed E-state index contributed by atoms with van der Waals surface area (Å²) in [6.07, 6.45) is 2.83. The van der Waals surface area contributed by atoms with Gasteiger partial charge in [-0.25, -0.2) is 4.79 Å². The number of nitrogens with one attached hydrogen (secondary N) is 2. The van der Waals surface area contributed by atoms with Crippen molar-refractivity contribution in [1.82, 2.24) is 10.6 Å². The summed E-state index contributed by atoms with van der Waals surface area (Å²) in [7, 11) is 0. The highest BCUT2D eigenvalue weighted by atomic mass is 16.5. The molecule has 0 aromatic heterocycles. The monoisotopic (exact) mass is 288 g/mol. The van der Waals surface area contributed by atoms with Gasteiger partial charge >= 0.3 is 6.03 Å². The molecule has 1 saturated heterocycles. The summed E-state index contributed by atoms with van der Waals surface area (Å²) in [5.74, 6) is 0.435. The van der Waals surface area contributed by atoms with Crippen LogP contribution < -0.4 is 10.6 Å². The van der Waals surface area contributed by atoms with Crippen LogP contribution in [0.1, 0.15) is 31.4 Å². The maximum absolute atomic E-state index is 12.3. The van der Waals surface area contributed by atoms with Crippen LogP contribution in [0.4, 0.5) is 4.79 Å². The average Bonchev–Trinajstić information content (AvgIpc) is 3.03. The second-order valence-corrected chi connectivity index (χ2v) is 6.69. The molecule has 2 aliphatic rings. The van der Waals surface area contributed by atoms with Gasteiger partial charge in [0, 0.05) is 24.1 Å². The number of ether oxygens (including phenoxy) is 1. The number of amides is 2. The second-order valence-electron chi connectivity index (χ2n) is 6.69. The highest BCUT2D eigenvalue weighted by molar-refractivity contribution is 5.75. The minimum Gasteiger partial charge on any atom is -0.381 e. The van der Waals surface area contributed by atoms with E-state index in [1.165, 1.54) is 11.1 Å². The molecule has 2 atom stereocenters. The molecule has 1 aromatic carbocycles. The molecule has 0 saturated carbocycles. The maximum Gasteiger partial charge on any atom is 0.315 e. The molecule has 1 aliphatic carbocycles. The quantitative estimate of drug-likeness (QED) is 0.896. The van der Waals surface area contributed by atoms with Crippen LogP contribution in [0.5, 0.6) is 0 Å². The van der Waals surface area contributed by atoms with E-state index in [0.29, 0.717) is 5.92 Å². The molecule has 2 amide bonds. The van der Waals surface area contributed by atoms with Gasteiger partial charge in [0.25, 0.3) is 0 Å². The predicted octanol–water partition coefficient (Wildman–Crippen LogP) is 2.27. The van der Waals surface area contributed by atoms with E-state index in [4.69, 9.17) is 4.74 Å². The Morgan fingerprint density at radius 3 is 2.57 bits per heavy atom. The second kappa shape index (κ2) is 5.68. The fourth-order valence-corrected chi connectivity index (χ4v) is 3.48. The van der Waals surface area contributed by atoms with Crippen molar-refractivity contribution in [3.05, 3.63) is 35.4 Å². The smallest absolute Gasteiger partial charge is 0.315 e. The molecule has 4 nitrogen and oxygen atoms in total. The van der Waals surface area contributed by atoms with Gasteiger partial charge in [0.15, 0.2) is 0 Å². The number of hydrogen-bond acceptors (Lipinski definition) is 2. The fraction of sp³-hybridized carbons (Fsp3) is 0.588. The van der Waals surface area contributed by atoms with E-state index in [9.17, 15) is 4.79 Å². The predicted molar refractivity (Wildman–Crippen MR) is 82.3 cm³/mol. The normalized spacial score (nSPS) is 24.4. The molecule has 0 bridgehead atoms. The first-order valence-electron chi connectivity index (χ1n) is 7.79. The molecule has 0 unspecified atom stereocenters. The van der Waals surface area contributed by atoms with Crippen LogP contribution in [0, 0.1) is 5.92 Å². The Kier molecular flexibility index (Phi) is 3.89. The SMILES string of the molecule is C[C@@H](NC(=O)NC1(C)Cc2ccccc2C1)[C@H]1CCOC1. The van der Waals surface area contributed by atoms with Crippen molar-refractivity contribution in [2.24, 2.45) is 5.92 Å². The number of urea groups is 1. The van der Waals surface area contributed by atoms with Gasteiger partial charge < -0.3 is 15.4 Å². The topological polar surface area (TPSA) is 50.4 Å². The lowest BCUT2D eigenvalue weighted by atomic mass is 9.98. The third-order valence-corrected chi connectivity index (χ3v) is 4.73. The number of rotatable bonds is 3. The van der Waals surface area contributed by atoms with Crippen molar-refractivity contribution in [2.75, 3.05) is 13.2 Å². The molecule has 3 rings (SSSR count). The summed E-state index contributed by atoms with van der Waals surface area (Å²) in [6, 6.07) is 8.52. The lowest BCUT2D eigenvalue weighted by Crippen LogP contribution is -2.53. The Balaban J connectivity index is 1.55. The van der Waals surface area contributed by atoms with Gasteiger partial charge in [-0.15, -0.1) is 0 Å². The van der Waals surface area contributed by atoms with E-state index in [1.54, 1.807) is 0 Å². The number of benzene rings is 1. The van der Waals surface area contributed by atoms with Gasteiger partial charge in [-0.2, -0.15) is 0 Å². The molecule has 0 radical (unpaired) electrons. The highest BCUT2D eigenvalue weighted by Gasteiger charge is 2.34. The average molecular weight is 288 g/mol. The van der Waals surface area contributed by atoms with Crippen molar-refractivity contribution in [3.8, 4) is 0 Å². The lowest BCUT2D eigenvalue weighted by molar-refractivity contribution is 0.177. The lowest BCUT2D eigenvalue weighted by Gasteiger charge is -2.28. The van der Waals surface area contributed by atoms with Crippen LogP contribution in [0.15, 0.2) is 24.3 Å². The number of fused-ring (bicyclic) bond motifs is 1. The third kappa shape index (κ3) is 3.21. The summed E-state index contributed by atoms with van der Waals surface area (Å²) in [5.41, 5.74) is 2.51. The number of carbonyl (C=O) groups is 1. The summed E-state index contributed by atoms with van der Waals surface area (Å²) < 4.78 is 5.38. The Bertz CT molecular complexity index is 498. The van der Waals surface area contributed by atoms with E-state index >= 15 is 0 Å². The van der Waals surface area contributed by atoms with Gasteiger partial charge in [-0.05, 0) is 44.2 Å². The Labute approximate surface area is 126 Å². The first-order chi connectivity index (χ1) is 10.1. The Morgan fingerprint density at radius 2 is 2.00 bits per heavy atom. The zero-order chi connectivity index (χ0) is 14.9. The van der Waals surface area contributed by atoms with Crippen molar-refractivity contribution < 1.29 is 9.53 Å². The molecule has 1 aliphatic heterocycles. The van der Waals surface area contributed by atoms with Crippen molar-refractivity contribution in [2.45, 2.75) is 44.7 Å². The Morgan fingerprint density at radius 1 is 1.33 bits per heavy atom. The van der Waals surface area contributed by atoms with Crippen LogP contribution >= 0.6 is 0 Å². The maximum atomic E-state index is 12.3. The van der Waals surface area contributed by atoms with Gasteiger partial charge in [-0.3, -0.25) is 0 Å². The van der Waals surface area contributed by atoms with Gasteiger partial charge in [-0.1, -0.05) is 24.3 Å². The minimum atomic E-state index is -0.181. The van der Waals surface area contributed by atoms with E-state index in [2.05, 4.69) is 48.7 Å². The zero-order valence-electron chi connectivity index (χ0n) is 12.8. The molecule has 1 heterocycles. The number of carbonyl (C=O) groups excluding carboxylic acids is 1. The van der Waals surface area contributed by atoms with Crippen LogP contribution in [-0.2, 0) is 17.6 Å². The van der Waals surface area contributed by atoms with Gasteiger partial charge in [0.2, 0.25) is 0 Å².